The molecule has 0 atom stereocenters. The van der Waals surface area contributed by atoms with Crippen LogP contribution in [0.4, 0.5) is 5.69 Å². The van der Waals surface area contributed by atoms with Crippen molar-refractivity contribution in [1.29, 1.82) is 0 Å². The van der Waals surface area contributed by atoms with Gasteiger partial charge < -0.3 is 23.7 Å². The fraction of sp³-hybridized carbons (Fsp3) is 0.368. The number of rotatable bonds is 10. The molecule has 8 nitrogen and oxygen atoms in total. The van der Waals surface area contributed by atoms with Gasteiger partial charge in [-0.2, -0.15) is 0 Å². The molecule has 0 aliphatic carbocycles. The van der Waals surface area contributed by atoms with Crippen molar-refractivity contribution in [2.75, 3.05) is 39.3 Å². The minimum atomic E-state index is -3.89. The Hall–Kier alpha value is -2.81. The Morgan fingerprint density at radius 3 is 1.86 bits per heavy atom. The van der Waals surface area contributed by atoms with Gasteiger partial charge in [0.25, 0.3) is 10.0 Å². The molecule has 0 radical (unpaired) electrons. The van der Waals surface area contributed by atoms with Crippen LogP contribution in [0.15, 0.2) is 35.2 Å². The normalized spacial score (nSPS) is 10.9. The molecule has 2 aromatic rings. The van der Waals surface area contributed by atoms with Crippen molar-refractivity contribution >= 4 is 15.7 Å². The van der Waals surface area contributed by atoms with Gasteiger partial charge in [-0.05, 0) is 26.0 Å². The predicted molar refractivity (Wildman–Crippen MR) is 106 cm³/mol. The molecule has 28 heavy (non-hydrogen) atoms. The lowest BCUT2D eigenvalue weighted by Gasteiger charge is -2.16. The summed E-state index contributed by atoms with van der Waals surface area (Å²) in [6.45, 7) is 4.47. The van der Waals surface area contributed by atoms with Gasteiger partial charge in [-0.15, -0.1) is 0 Å². The summed E-state index contributed by atoms with van der Waals surface area (Å²) in [6.07, 6.45) is 0. The highest BCUT2D eigenvalue weighted by Gasteiger charge is 2.20. The van der Waals surface area contributed by atoms with Gasteiger partial charge >= 0.3 is 0 Å². The second-order valence-electron chi connectivity index (χ2n) is 5.49. The molecule has 0 spiro atoms. The number of methoxy groups -OCH3 is 3. The van der Waals surface area contributed by atoms with Gasteiger partial charge in [0, 0.05) is 18.2 Å². The molecule has 0 aromatic heterocycles. The van der Waals surface area contributed by atoms with E-state index < -0.39 is 10.0 Å². The predicted octanol–water partition coefficient (Wildman–Crippen LogP) is 3.31. The molecular formula is C19H25NO7S. The van der Waals surface area contributed by atoms with Gasteiger partial charge in [0.15, 0.2) is 23.0 Å². The SMILES string of the molecule is CCOc1ccc(S(=O)(=O)Nc2cc(OC)c(OC)c(OC)c2)cc1OCC. The van der Waals surface area contributed by atoms with Crippen molar-refractivity contribution in [3.63, 3.8) is 0 Å². The van der Waals surface area contributed by atoms with Gasteiger partial charge in [0.2, 0.25) is 5.75 Å². The maximum atomic E-state index is 12.9. The molecule has 0 fully saturated rings. The summed E-state index contributed by atoms with van der Waals surface area (Å²) in [6, 6.07) is 7.47. The first-order valence-corrected chi connectivity index (χ1v) is 10.1. The molecule has 154 valence electrons. The maximum Gasteiger partial charge on any atom is 0.262 e. The highest BCUT2D eigenvalue weighted by atomic mass is 32.2. The van der Waals surface area contributed by atoms with Crippen LogP contribution in [-0.4, -0.2) is 43.0 Å². The molecule has 0 saturated carbocycles. The average molecular weight is 411 g/mol. The number of nitrogens with one attached hydrogen (secondary N) is 1. The Kier molecular flexibility index (Phi) is 7.22. The molecule has 0 saturated heterocycles. The third-order valence-corrected chi connectivity index (χ3v) is 5.12. The molecule has 0 aliphatic rings. The first-order valence-electron chi connectivity index (χ1n) is 8.62. The van der Waals surface area contributed by atoms with Crippen molar-refractivity contribution in [3.05, 3.63) is 30.3 Å². The lowest BCUT2D eigenvalue weighted by molar-refractivity contribution is 0.287. The Morgan fingerprint density at radius 2 is 1.36 bits per heavy atom. The first kappa shape index (κ1) is 21.5. The second kappa shape index (κ2) is 9.41. The molecule has 9 heteroatoms. The van der Waals surface area contributed by atoms with E-state index in [0.717, 1.165) is 0 Å². The molecule has 1 N–H and O–H groups in total. The molecular weight excluding hydrogens is 386 g/mol. The van der Waals surface area contributed by atoms with Crippen LogP contribution in [0.5, 0.6) is 28.7 Å². The van der Waals surface area contributed by atoms with E-state index in [-0.39, 0.29) is 10.6 Å². The lowest BCUT2D eigenvalue weighted by atomic mass is 10.2. The fourth-order valence-electron chi connectivity index (χ4n) is 2.55. The van der Waals surface area contributed by atoms with Crippen LogP contribution in [0.3, 0.4) is 0 Å². The van der Waals surface area contributed by atoms with Crippen molar-refractivity contribution in [2.24, 2.45) is 0 Å². The van der Waals surface area contributed by atoms with Crippen molar-refractivity contribution < 1.29 is 32.1 Å². The van der Waals surface area contributed by atoms with E-state index in [0.29, 0.717) is 42.0 Å². The Balaban J connectivity index is 2.42. The molecule has 0 heterocycles. The van der Waals surface area contributed by atoms with E-state index in [2.05, 4.69) is 4.72 Å². The van der Waals surface area contributed by atoms with Crippen molar-refractivity contribution in [2.45, 2.75) is 18.7 Å². The molecule has 2 aromatic carbocycles. The van der Waals surface area contributed by atoms with Crippen molar-refractivity contribution in [1.82, 2.24) is 0 Å². The van der Waals surface area contributed by atoms with E-state index in [9.17, 15) is 8.42 Å². The zero-order valence-electron chi connectivity index (χ0n) is 16.6. The van der Waals surface area contributed by atoms with Crippen LogP contribution in [0.2, 0.25) is 0 Å². The van der Waals surface area contributed by atoms with E-state index in [1.54, 1.807) is 6.07 Å². The van der Waals surface area contributed by atoms with Gasteiger partial charge in [-0.25, -0.2) is 8.42 Å². The number of anilines is 1. The zero-order chi connectivity index (χ0) is 20.7. The Labute approximate surface area is 165 Å². The topological polar surface area (TPSA) is 92.3 Å². The van der Waals surface area contributed by atoms with Gasteiger partial charge in [-0.3, -0.25) is 4.72 Å². The smallest absolute Gasteiger partial charge is 0.262 e. The van der Waals surface area contributed by atoms with E-state index >= 15 is 0 Å². The fourth-order valence-corrected chi connectivity index (χ4v) is 3.61. The average Bonchev–Trinajstić information content (AvgIpc) is 2.68. The summed E-state index contributed by atoms with van der Waals surface area (Å²) in [7, 11) is 0.488. The third-order valence-electron chi connectivity index (χ3n) is 3.74. The summed E-state index contributed by atoms with van der Waals surface area (Å²) in [5.41, 5.74) is 0.265. The van der Waals surface area contributed by atoms with E-state index in [1.807, 2.05) is 13.8 Å². The van der Waals surface area contributed by atoms with Crippen LogP contribution in [0.1, 0.15) is 13.8 Å². The number of ether oxygens (including phenoxy) is 5. The summed E-state index contributed by atoms with van der Waals surface area (Å²) < 4.78 is 55.0. The quantitative estimate of drug-likeness (QED) is 0.641. The standard InChI is InChI=1S/C19H25NO7S/c1-6-26-15-9-8-14(12-16(15)27-7-2)28(21,22)20-13-10-17(23-3)19(25-5)18(11-13)24-4/h8-12,20H,6-7H2,1-5H3. The molecule has 0 aliphatic heterocycles. The van der Waals surface area contributed by atoms with Crippen molar-refractivity contribution in [3.8, 4) is 28.7 Å². The van der Waals surface area contributed by atoms with Crippen LogP contribution in [0, 0.1) is 0 Å². The number of benzene rings is 2. The van der Waals surface area contributed by atoms with E-state index in [4.69, 9.17) is 23.7 Å². The summed E-state index contributed by atoms with van der Waals surface area (Å²) in [5.74, 6) is 1.88. The Morgan fingerprint density at radius 1 is 0.786 bits per heavy atom. The number of hydrogen-bond donors (Lipinski definition) is 1. The lowest BCUT2D eigenvalue weighted by Crippen LogP contribution is -2.14. The number of sulfonamides is 1. The maximum absolute atomic E-state index is 12.9. The molecule has 2 rings (SSSR count). The zero-order valence-corrected chi connectivity index (χ0v) is 17.4. The van der Waals surface area contributed by atoms with Crippen LogP contribution in [0.25, 0.3) is 0 Å². The number of hydrogen-bond acceptors (Lipinski definition) is 7. The molecule has 0 bridgehead atoms. The minimum absolute atomic E-state index is 0.0353. The minimum Gasteiger partial charge on any atom is -0.493 e. The first-order chi connectivity index (χ1) is 13.4. The van der Waals surface area contributed by atoms with Gasteiger partial charge in [0.1, 0.15) is 0 Å². The van der Waals surface area contributed by atoms with Crippen LogP contribution in [-0.2, 0) is 10.0 Å². The summed E-state index contributed by atoms with van der Waals surface area (Å²) in [4.78, 5) is 0.0353. The monoisotopic (exact) mass is 411 g/mol. The van der Waals surface area contributed by atoms with Gasteiger partial charge in [0.05, 0.1) is 45.1 Å². The second-order valence-corrected chi connectivity index (χ2v) is 7.18. The largest absolute Gasteiger partial charge is 0.493 e. The summed E-state index contributed by atoms with van der Waals surface area (Å²) >= 11 is 0. The van der Waals surface area contributed by atoms with Crippen LogP contribution >= 0.6 is 0 Å². The Bertz CT molecular complexity index is 887. The van der Waals surface area contributed by atoms with Crippen LogP contribution < -0.4 is 28.4 Å². The highest BCUT2D eigenvalue weighted by Crippen LogP contribution is 2.40. The third kappa shape index (κ3) is 4.72. The van der Waals surface area contributed by atoms with Gasteiger partial charge in [-0.1, -0.05) is 0 Å². The van der Waals surface area contributed by atoms with E-state index in [1.165, 1.54) is 45.6 Å². The highest BCUT2D eigenvalue weighted by molar-refractivity contribution is 7.92. The molecule has 0 unspecified atom stereocenters. The molecule has 0 amide bonds. The summed E-state index contributed by atoms with van der Waals surface area (Å²) in [5, 5.41) is 0.